The van der Waals surface area contributed by atoms with Gasteiger partial charge in [-0.15, -0.1) is 0 Å². The van der Waals surface area contributed by atoms with Crippen molar-refractivity contribution in [3.63, 3.8) is 0 Å². The Labute approximate surface area is 348 Å². The summed E-state index contributed by atoms with van der Waals surface area (Å²) >= 11 is 0. The van der Waals surface area contributed by atoms with Gasteiger partial charge >= 0.3 is 0 Å². The van der Waals surface area contributed by atoms with Gasteiger partial charge in [-0.3, -0.25) is 4.90 Å². The van der Waals surface area contributed by atoms with Crippen molar-refractivity contribution >= 4 is 0 Å². The second kappa shape index (κ2) is 17.0. The van der Waals surface area contributed by atoms with Crippen LogP contribution in [0.15, 0.2) is 146 Å². The zero-order valence-corrected chi connectivity index (χ0v) is 36.5. The molecule has 0 amide bonds. The van der Waals surface area contributed by atoms with Crippen molar-refractivity contribution in [1.82, 2.24) is 9.80 Å². The van der Waals surface area contributed by atoms with E-state index in [9.17, 15) is 10.2 Å². The summed E-state index contributed by atoms with van der Waals surface area (Å²) in [6, 6.07) is 51.2. The molecule has 6 aromatic carbocycles. The maximum absolute atomic E-state index is 12.5. The number of hydrogen-bond acceptors (Lipinski definition) is 4. The van der Waals surface area contributed by atoms with E-state index in [-0.39, 0.29) is 10.8 Å². The summed E-state index contributed by atoms with van der Waals surface area (Å²) in [7, 11) is 4.19. The Morgan fingerprint density at radius 3 is 0.966 bits per heavy atom. The number of benzene rings is 6. The van der Waals surface area contributed by atoms with Gasteiger partial charge in [-0.1, -0.05) is 189 Å². The molecule has 0 aliphatic carbocycles. The first-order valence-corrected chi connectivity index (χ1v) is 20.8. The molecule has 0 heterocycles. The van der Waals surface area contributed by atoms with E-state index in [0.29, 0.717) is 24.6 Å². The number of rotatable bonds is 15. The molecule has 58 heavy (non-hydrogen) atoms. The smallest absolute Gasteiger partial charge is 0.124 e. The Kier molecular flexibility index (Phi) is 12.4. The zero-order valence-electron chi connectivity index (χ0n) is 36.5. The number of phenolic OH excluding ortho intramolecular Hbond substituents is 2. The molecular weight excluding hydrogens is 709 g/mol. The van der Waals surface area contributed by atoms with E-state index in [1.165, 1.54) is 11.1 Å². The van der Waals surface area contributed by atoms with Gasteiger partial charge in [0.05, 0.1) is 0 Å². The minimum absolute atomic E-state index is 0.324. The Bertz CT molecular complexity index is 2120. The lowest BCUT2D eigenvalue weighted by molar-refractivity contribution is 0.221. The molecule has 302 valence electrons. The van der Waals surface area contributed by atoms with Crippen molar-refractivity contribution in [2.75, 3.05) is 27.2 Å². The van der Waals surface area contributed by atoms with Crippen molar-refractivity contribution in [1.29, 1.82) is 0 Å². The van der Waals surface area contributed by atoms with Crippen molar-refractivity contribution in [2.45, 2.75) is 90.1 Å². The Hall–Kier alpha value is -5.16. The van der Waals surface area contributed by atoms with Crippen LogP contribution in [0.4, 0.5) is 0 Å². The Morgan fingerprint density at radius 2 is 0.672 bits per heavy atom. The average molecular weight is 773 g/mol. The highest BCUT2D eigenvalue weighted by Crippen LogP contribution is 2.45. The van der Waals surface area contributed by atoms with Gasteiger partial charge < -0.3 is 15.1 Å². The molecule has 6 aromatic rings. The minimum atomic E-state index is -0.467. The van der Waals surface area contributed by atoms with Gasteiger partial charge in [0.2, 0.25) is 0 Å². The second-order valence-electron chi connectivity index (χ2n) is 18.5. The first kappa shape index (κ1) is 42.4. The maximum Gasteiger partial charge on any atom is 0.124 e. The molecule has 0 aromatic heterocycles. The van der Waals surface area contributed by atoms with Crippen LogP contribution in [0.1, 0.15) is 111 Å². The fourth-order valence-electron chi connectivity index (χ4n) is 8.41. The zero-order chi connectivity index (χ0) is 41.9. The SMILES string of the molecule is CN(C)CCN(Cc1cc(C(C)(C)c2ccccc2)cc(C(C)(C)c2ccccc2)c1O)Cc1cc(C(C)(C)c2ccccc2)cc(C(C)(C)c2ccccc2)c1O. The number of nitrogens with zero attached hydrogens (tertiary/aromatic N) is 2. The Balaban J connectivity index is 1.51. The Morgan fingerprint density at radius 1 is 0.379 bits per heavy atom. The van der Waals surface area contributed by atoms with E-state index in [1.54, 1.807) is 0 Å². The molecule has 0 unspecified atom stereocenters. The molecule has 4 heteroatoms. The third-order valence-corrected chi connectivity index (χ3v) is 12.8. The quantitative estimate of drug-likeness (QED) is 0.109. The van der Waals surface area contributed by atoms with E-state index in [0.717, 1.165) is 57.6 Å². The van der Waals surface area contributed by atoms with Crippen LogP contribution in [0.25, 0.3) is 0 Å². The molecule has 4 nitrogen and oxygen atoms in total. The molecule has 0 aliphatic rings. The second-order valence-corrected chi connectivity index (χ2v) is 18.5. The maximum atomic E-state index is 12.5. The lowest BCUT2D eigenvalue weighted by Gasteiger charge is -2.34. The van der Waals surface area contributed by atoms with Gasteiger partial charge in [-0.25, -0.2) is 0 Å². The van der Waals surface area contributed by atoms with E-state index >= 15 is 0 Å². The standard InChI is InChI=1S/C54H64N2O2/c1-51(2,41-23-15-11-16-24-41)45-33-39(49(57)47(35-45)53(5,6)43-27-19-13-20-28-43)37-56(32-31-55(9)10)38-40-34-46(52(3,4)42-25-17-12-18-26-42)36-48(50(40)58)54(7,8)44-29-21-14-22-30-44/h11-30,33-36,57-58H,31-32,37-38H2,1-10H3. The monoisotopic (exact) mass is 772 g/mol. The summed E-state index contributed by atoms with van der Waals surface area (Å²) in [5.41, 5.74) is 9.02. The molecule has 0 saturated carbocycles. The largest absolute Gasteiger partial charge is 0.507 e. The van der Waals surface area contributed by atoms with Gasteiger partial charge in [0.25, 0.3) is 0 Å². The summed E-state index contributed by atoms with van der Waals surface area (Å²) < 4.78 is 0. The van der Waals surface area contributed by atoms with Crippen LogP contribution >= 0.6 is 0 Å². The van der Waals surface area contributed by atoms with Gasteiger partial charge in [0.1, 0.15) is 11.5 Å². The molecule has 6 rings (SSSR count). The topological polar surface area (TPSA) is 46.9 Å². The summed E-state index contributed by atoms with van der Waals surface area (Å²) in [6.45, 7) is 20.5. The lowest BCUT2D eigenvalue weighted by Crippen LogP contribution is -2.32. The third-order valence-electron chi connectivity index (χ3n) is 12.8. The number of phenols is 2. The predicted octanol–water partition coefficient (Wildman–Crippen LogP) is 12.0. The van der Waals surface area contributed by atoms with Crippen LogP contribution in [-0.2, 0) is 34.7 Å². The predicted molar refractivity (Wildman–Crippen MR) is 243 cm³/mol. The molecule has 0 atom stereocenters. The fraction of sp³-hybridized carbons (Fsp3) is 0.333. The first-order valence-electron chi connectivity index (χ1n) is 20.8. The van der Waals surface area contributed by atoms with E-state index < -0.39 is 10.8 Å². The fourth-order valence-corrected chi connectivity index (χ4v) is 8.41. The minimum Gasteiger partial charge on any atom is -0.507 e. The molecular formula is C54H64N2O2. The highest BCUT2D eigenvalue weighted by molar-refractivity contribution is 5.56. The van der Waals surface area contributed by atoms with Crippen LogP contribution < -0.4 is 0 Å². The summed E-state index contributed by atoms with van der Waals surface area (Å²) in [5, 5.41) is 24.9. The van der Waals surface area contributed by atoms with Crippen LogP contribution in [0.2, 0.25) is 0 Å². The molecule has 0 radical (unpaired) electrons. The van der Waals surface area contributed by atoms with Crippen LogP contribution in [0.5, 0.6) is 11.5 Å². The van der Waals surface area contributed by atoms with Crippen molar-refractivity contribution in [3.8, 4) is 11.5 Å². The number of aromatic hydroxyl groups is 2. The van der Waals surface area contributed by atoms with Gasteiger partial charge in [-0.05, 0) is 59.6 Å². The molecule has 2 N–H and O–H groups in total. The van der Waals surface area contributed by atoms with Gasteiger partial charge in [0, 0.05) is 70.1 Å². The number of likely N-dealkylation sites (N-methyl/N-ethyl adjacent to an activating group) is 1. The first-order chi connectivity index (χ1) is 27.4. The van der Waals surface area contributed by atoms with E-state index in [4.69, 9.17) is 0 Å². The molecule has 0 saturated heterocycles. The van der Waals surface area contributed by atoms with E-state index in [2.05, 4.69) is 213 Å². The van der Waals surface area contributed by atoms with Gasteiger partial charge in [-0.2, -0.15) is 0 Å². The number of hydrogen-bond donors (Lipinski definition) is 2. The molecule has 0 aliphatic heterocycles. The highest BCUT2D eigenvalue weighted by atomic mass is 16.3. The average Bonchev–Trinajstić information content (AvgIpc) is 3.22. The van der Waals surface area contributed by atoms with Crippen LogP contribution in [0.3, 0.4) is 0 Å². The summed E-state index contributed by atoms with van der Waals surface area (Å²) in [5.74, 6) is 0.649. The highest BCUT2D eigenvalue weighted by Gasteiger charge is 2.34. The molecule has 0 fully saturated rings. The molecule has 0 bridgehead atoms. The van der Waals surface area contributed by atoms with Crippen LogP contribution in [0, 0.1) is 0 Å². The molecule has 0 spiro atoms. The van der Waals surface area contributed by atoms with Gasteiger partial charge in [0.15, 0.2) is 0 Å². The third kappa shape index (κ3) is 8.79. The van der Waals surface area contributed by atoms with Crippen molar-refractivity contribution in [3.05, 3.63) is 201 Å². The van der Waals surface area contributed by atoms with Crippen LogP contribution in [-0.4, -0.2) is 47.2 Å². The summed E-state index contributed by atoms with van der Waals surface area (Å²) in [6.07, 6.45) is 0. The lowest BCUT2D eigenvalue weighted by atomic mass is 9.72. The van der Waals surface area contributed by atoms with E-state index in [1.807, 2.05) is 12.1 Å². The normalized spacial score (nSPS) is 12.7. The van der Waals surface area contributed by atoms with Crippen molar-refractivity contribution < 1.29 is 10.2 Å². The van der Waals surface area contributed by atoms with Crippen molar-refractivity contribution in [2.24, 2.45) is 0 Å². The summed E-state index contributed by atoms with van der Waals surface area (Å²) in [4.78, 5) is 4.59.